The number of phenolic OH excluding ortho intramolecular Hbond substituents is 1. The molecule has 0 aromatic heterocycles. The maximum Gasteiger partial charge on any atom is 0.122 e. The maximum absolute atomic E-state index is 9.98. The molecule has 0 amide bonds. The van der Waals surface area contributed by atoms with Gasteiger partial charge in [0.25, 0.3) is 0 Å². The van der Waals surface area contributed by atoms with E-state index in [4.69, 9.17) is 0 Å². The van der Waals surface area contributed by atoms with Gasteiger partial charge in [-0.15, -0.1) is 0 Å². The lowest BCUT2D eigenvalue weighted by atomic mass is 10.1. The van der Waals surface area contributed by atoms with Gasteiger partial charge in [-0.1, -0.05) is 18.2 Å². The highest BCUT2D eigenvalue weighted by atomic mass is 16.3. The summed E-state index contributed by atoms with van der Waals surface area (Å²) in [4.78, 5) is 2.37. The van der Waals surface area contributed by atoms with Crippen molar-refractivity contribution in [2.75, 3.05) is 0 Å². The fourth-order valence-electron chi connectivity index (χ4n) is 2.01. The van der Waals surface area contributed by atoms with Crippen molar-refractivity contribution in [1.29, 1.82) is 0 Å². The minimum atomic E-state index is 0.439. The van der Waals surface area contributed by atoms with E-state index in [1.807, 2.05) is 25.1 Å². The number of benzene rings is 1. The molecule has 0 aliphatic carbocycles. The molecule has 0 saturated heterocycles. The van der Waals surface area contributed by atoms with Crippen molar-refractivity contribution < 1.29 is 5.11 Å². The maximum atomic E-state index is 9.98. The Hall–Kier alpha value is -1.02. The van der Waals surface area contributed by atoms with Crippen molar-refractivity contribution in [1.82, 2.24) is 4.90 Å². The van der Waals surface area contributed by atoms with Crippen molar-refractivity contribution >= 4 is 0 Å². The lowest BCUT2D eigenvalue weighted by molar-refractivity contribution is 0.164. The SMILES string of the molecule is Cc1cccc(CN(C(C)C)C(C)C)c1O. The monoisotopic (exact) mass is 221 g/mol. The molecule has 16 heavy (non-hydrogen) atoms. The highest BCUT2D eigenvalue weighted by Crippen LogP contribution is 2.24. The quantitative estimate of drug-likeness (QED) is 0.843. The van der Waals surface area contributed by atoms with Gasteiger partial charge in [-0.3, -0.25) is 4.90 Å². The first kappa shape index (κ1) is 13.0. The number of phenols is 1. The Labute approximate surface area is 98.9 Å². The molecule has 0 radical (unpaired) electrons. The van der Waals surface area contributed by atoms with Gasteiger partial charge >= 0.3 is 0 Å². The third-order valence-electron chi connectivity index (χ3n) is 3.00. The van der Waals surface area contributed by atoms with Crippen LogP contribution in [-0.2, 0) is 6.54 Å². The van der Waals surface area contributed by atoms with Gasteiger partial charge in [0.15, 0.2) is 0 Å². The summed E-state index contributed by atoms with van der Waals surface area (Å²) in [6.07, 6.45) is 0. The average molecular weight is 221 g/mol. The number of hydrogen-bond acceptors (Lipinski definition) is 2. The second-order valence-electron chi connectivity index (χ2n) is 4.94. The zero-order valence-electron chi connectivity index (χ0n) is 11.0. The Morgan fingerprint density at radius 2 is 1.69 bits per heavy atom. The number of rotatable bonds is 4. The summed E-state index contributed by atoms with van der Waals surface area (Å²) in [6.45, 7) is 11.5. The topological polar surface area (TPSA) is 23.5 Å². The zero-order chi connectivity index (χ0) is 12.3. The standard InChI is InChI=1S/C14H23NO/c1-10(2)15(11(3)4)9-13-8-6-7-12(5)14(13)16/h6-8,10-11,16H,9H2,1-5H3. The number of nitrogens with zero attached hydrogens (tertiary/aromatic N) is 1. The molecule has 0 spiro atoms. The first-order chi connectivity index (χ1) is 7.43. The van der Waals surface area contributed by atoms with Gasteiger partial charge in [0, 0.05) is 24.2 Å². The number of aryl methyl sites for hydroxylation is 1. The van der Waals surface area contributed by atoms with Crippen LogP contribution in [0.3, 0.4) is 0 Å². The van der Waals surface area contributed by atoms with Crippen LogP contribution in [0, 0.1) is 6.92 Å². The fourth-order valence-corrected chi connectivity index (χ4v) is 2.01. The second kappa shape index (κ2) is 5.35. The number of hydrogen-bond donors (Lipinski definition) is 1. The highest BCUT2D eigenvalue weighted by molar-refractivity contribution is 5.39. The van der Waals surface area contributed by atoms with Crippen LogP contribution in [0.1, 0.15) is 38.8 Å². The molecule has 1 rings (SSSR count). The Morgan fingerprint density at radius 1 is 1.12 bits per heavy atom. The van der Waals surface area contributed by atoms with E-state index >= 15 is 0 Å². The lowest BCUT2D eigenvalue weighted by Gasteiger charge is -2.30. The molecule has 0 atom stereocenters. The Morgan fingerprint density at radius 3 is 2.19 bits per heavy atom. The van der Waals surface area contributed by atoms with E-state index in [2.05, 4.69) is 32.6 Å². The van der Waals surface area contributed by atoms with Crippen LogP contribution in [-0.4, -0.2) is 22.1 Å². The van der Waals surface area contributed by atoms with Gasteiger partial charge < -0.3 is 5.11 Å². The smallest absolute Gasteiger partial charge is 0.122 e. The second-order valence-corrected chi connectivity index (χ2v) is 4.94. The van der Waals surface area contributed by atoms with E-state index in [9.17, 15) is 5.11 Å². The lowest BCUT2D eigenvalue weighted by Crippen LogP contribution is -2.36. The van der Waals surface area contributed by atoms with Crippen LogP contribution >= 0.6 is 0 Å². The highest BCUT2D eigenvalue weighted by Gasteiger charge is 2.15. The Kier molecular flexibility index (Phi) is 4.36. The zero-order valence-corrected chi connectivity index (χ0v) is 11.0. The van der Waals surface area contributed by atoms with Crippen molar-refractivity contribution in [3.8, 4) is 5.75 Å². The van der Waals surface area contributed by atoms with Crippen molar-refractivity contribution in [2.24, 2.45) is 0 Å². The van der Waals surface area contributed by atoms with Gasteiger partial charge in [0.05, 0.1) is 0 Å². The third kappa shape index (κ3) is 2.99. The molecule has 2 nitrogen and oxygen atoms in total. The van der Waals surface area contributed by atoms with Gasteiger partial charge in [0.1, 0.15) is 5.75 Å². The number of aromatic hydroxyl groups is 1. The molecular weight excluding hydrogens is 198 g/mol. The van der Waals surface area contributed by atoms with Crippen molar-refractivity contribution in [3.05, 3.63) is 29.3 Å². The molecule has 0 aliphatic heterocycles. The van der Waals surface area contributed by atoms with Crippen molar-refractivity contribution in [3.63, 3.8) is 0 Å². The molecule has 1 aromatic carbocycles. The molecule has 1 aromatic rings. The number of para-hydroxylation sites is 1. The molecule has 0 fully saturated rings. The minimum Gasteiger partial charge on any atom is -0.507 e. The molecular formula is C14H23NO. The summed E-state index contributed by atoms with van der Waals surface area (Å²) < 4.78 is 0. The summed E-state index contributed by atoms with van der Waals surface area (Å²) in [5, 5.41) is 9.98. The van der Waals surface area contributed by atoms with E-state index in [1.54, 1.807) is 0 Å². The predicted molar refractivity (Wildman–Crippen MR) is 68.7 cm³/mol. The average Bonchev–Trinajstić information content (AvgIpc) is 2.19. The van der Waals surface area contributed by atoms with E-state index in [0.717, 1.165) is 17.7 Å². The summed E-state index contributed by atoms with van der Waals surface area (Å²) in [5.74, 6) is 0.439. The first-order valence-corrected chi connectivity index (χ1v) is 5.96. The van der Waals surface area contributed by atoms with Gasteiger partial charge in [-0.25, -0.2) is 0 Å². The Bertz CT molecular complexity index is 337. The van der Waals surface area contributed by atoms with Crippen LogP contribution in [0.25, 0.3) is 0 Å². The molecule has 1 N–H and O–H groups in total. The molecule has 2 heteroatoms. The van der Waals surface area contributed by atoms with Crippen LogP contribution < -0.4 is 0 Å². The molecule has 90 valence electrons. The van der Waals surface area contributed by atoms with Gasteiger partial charge in [0.2, 0.25) is 0 Å². The Balaban J connectivity index is 2.90. The summed E-state index contributed by atoms with van der Waals surface area (Å²) in [5.41, 5.74) is 1.97. The largest absolute Gasteiger partial charge is 0.507 e. The van der Waals surface area contributed by atoms with Crippen molar-refractivity contribution in [2.45, 2.75) is 53.2 Å². The summed E-state index contributed by atoms with van der Waals surface area (Å²) >= 11 is 0. The fraction of sp³-hybridized carbons (Fsp3) is 0.571. The minimum absolute atomic E-state index is 0.439. The molecule has 0 aliphatic rings. The molecule has 0 saturated carbocycles. The van der Waals surface area contributed by atoms with Crippen LogP contribution in [0.15, 0.2) is 18.2 Å². The predicted octanol–water partition coefficient (Wildman–Crippen LogP) is 3.32. The third-order valence-corrected chi connectivity index (χ3v) is 3.00. The van der Waals surface area contributed by atoms with E-state index in [0.29, 0.717) is 17.8 Å². The van der Waals surface area contributed by atoms with E-state index in [1.165, 1.54) is 0 Å². The molecule has 0 heterocycles. The van der Waals surface area contributed by atoms with Crippen LogP contribution in [0.4, 0.5) is 0 Å². The van der Waals surface area contributed by atoms with Crippen LogP contribution in [0.2, 0.25) is 0 Å². The van der Waals surface area contributed by atoms with E-state index < -0.39 is 0 Å². The van der Waals surface area contributed by atoms with Gasteiger partial charge in [-0.05, 0) is 40.2 Å². The molecule has 0 unspecified atom stereocenters. The van der Waals surface area contributed by atoms with Gasteiger partial charge in [-0.2, -0.15) is 0 Å². The summed E-state index contributed by atoms with van der Waals surface area (Å²) in [7, 11) is 0. The van der Waals surface area contributed by atoms with Crippen LogP contribution in [0.5, 0.6) is 5.75 Å². The summed E-state index contributed by atoms with van der Waals surface area (Å²) in [6, 6.07) is 6.91. The normalized spacial score (nSPS) is 11.8. The molecule has 0 bridgehead atoms. The van der Waals surface area contributed by atoms with E-state index in [-0.39, 0.29) is 0 Å². The first-order valence-electron chi connectivity index (χ1n) is 5.96.